The van der Waals surface area contributed by atoms with E-state index in [9.17, 15) is 14.4 Å². The topological polar surface area (TPSA) is 81.1 Å². The Morgan fingerprint density at radius 2 is 1.83 bits per heavy atom. The summed E-state index contributed by atoms with van der Waals surface area (Å²) < 4.78 is 1.84. The smallest absolute Gasteiger partial charge is 0.290 e. The Hall–Kier alpha value is -2.54. The minimum Gasteiger partial charge on any atom is -0.345 e. The second kappa shape index (κ2) is 8.68. The van der Waals surface area contributed by atoms with Gasteiger partial charge in [0.05, 0.1) is 24.2 Å². The maximum absolute atomic E-state index is 13.2. The maximum Gasteiger partial charge on any atom is 0.290 e. The van der Waals surface area contributed by atoms with Gasteiger partial charge < -0.3 is 14.6 Å². The molecule has 0 amide bonds. The highest BCUT2D eigenvalue weighted by Gasteiger charge is 2.47. The molecule has 30 heavy (non-hydrogen) atoms. The van der Waals surface area contributed by atoms with Gasteiger partial charge in [-0.15, -0.1) is 0 Å². The Balaban J connectivity index is 1.50. The number of nitrogens with one attached hydrogen (secondary N) is 1. The molecule has 1 radical (unpaired) electrons. The number of nitrogens with zero attached hydrogens (tertiary/aromatic N) is 2. The summed E-state index contributed by atoms with van der Waals surface area (Å²) in [4.78, 5) is 40.1. The molecule has 6 nitrogen and oxygen atoms in total. The van der Waals surface area contributed by atoms with Gasteiger partial charge in [0.25, 0.3) is 7.41 Å². The van der Waals surface area contributed by atoms with Crippen LogP contribution in [-0.2, 0) is 23.1 Å². The highest BCUT2D eigenvalue weighted by molar-refractivity contribution is 6.64. The summed E-state index contributed by atoms with van der Waals surface area (Å²) in [6, 6.07) is 7.45. The lowest BCUT2D eigenvalue weighted by Crippen LogP contribution is -2.47. The summed E-state index contributed by atoms with van der Waals surface area (Å²) in [6.45, 7) is 1.51. The number of Topliss-reactive ketones (excluding diaryl/α,β-unsaturated/α-hetero) is 2. The first-order valence-corrected chi connectivity index (χ1v) is 10.7. The minimum absolute atomic E-state index is 0.0728. The number of hydrogen-bond acceptors (Lipinski definition) is 5. The normalized spacial score (nSPS) is 17.0. The maximum atomic E-state index is 13.2. The van der Waals surface area contributed by atoms with E-state index < -0.39 is 0 Å². The molecule has 1 aromatic heterocycles. The van der Waals surface area contributed by atoms with Crippen LogP contribution in [0, 0.1) is 17.8 Å². The van der Waals surface area contributed by atoms with Crippen molar-refractivity contribution in [3.8, 4) is 11.3 Å². The number of imidazole rings is 1. The van der Waals surface area contributed by atoms with E-state index in [2.05, 4.69) is 10.2 Å². The van der Waals surface area contributed by atoms with Gasteiger partial charge >= 0.3 is 0 Å². The van der Waals surface area contributed by atoms with Crippen LogP contribution in [0.1, 0.15) is 48.7 Å². The number of carbonyl (C=O) groups excluding carboxylic acids is 3. The van der Waals surface area contributed by atoms with Gasteiger partial charge in [-0.3, -0.25) is 9.59 Å². The van der Waals surface area contributed by atoms with Crippen LogP contribution in [0.3, 0.4) is 0 Å². The molecule has 2 aliphatic carbocycles. The van der Waals surface area contributed by atoms with Crippen LogP contribution in [0.4, 0.5) is 0 Å². The molecule has 1 atom stereocenters. The first-order chi connectivity index (χ1) is 14.5. The average Bonchev–Trinajstić information content (AvgIpc) is 3.65. The van der Waals surface area contributed by atoms with Crippen molar-refractivity contribution < 1.29 is 14.4 Å². The van der Waals surface area contributed by atoms with Gasteiger partial charge in [0.2, 0.25) is 0 Å². The van der Waals surface area contributed by atoms with Crippen molar-refractivity contribution in [1.29, 1.82) is 0 Å². The Morgan fingerprint density at radius 3 is 2.37 bits per heavy atom. The molecule has 2 aromatic rings. The molecular weight excluding hydrogens is 377 g/mol. The first kappa shape index (κ1) is 20.7. The van der Waals surface area contributed by atoms with Crippen molar-refractivity contribution in [3.63, 3.8) is 0 Å². The van der Waals surface area contributed by atoms with Gasteiger partial charge in [0, 0.05) is 26.0 Å². The van der Waals surface area contributed by atoms with E-state index in [1.165, 1.54) is 40.0 Å². The summed E-state index contributed by atoms with van der Waals surface area (Å²) >= 11 is 0. The molecule has 0 saturated heterocycles. The Labute approximate surface area is 177 Å². The van der Waals surface area contributed by atoms with Crippen LogP contribution in [0.15, 0.2) is 30.6 Å². The van der Waals surface area contributed by atoms with Crippen molar-refractivity contribution in [2.24, 2.45) is 24.8 Å². The van der Waals surface area contributed by atoms with Crippen LogP contribution in [0.2, 0.25) is 0 Å². The third kappa shape index (κ3) is 4.46. The van der Waals surface area contributed by atoms with E-state index in [0.29, 0.717) is 36.1 Å². The largest absolute Gasteiger partial charge is 0.345 e. The molecule has 0 spiro atoms. The van der Waals surface area contributed by atoms with Crippen molar-refractivity contribution >= 4 is 25.2 Å². The zero-order valence-electron chi connectivity index (χ0n) is 17.5. The van der Waals surface area contributed by atoms with Gasteiger partial charge in [0.15, 0.2) is 11.6 Å². The molecule has 1 N–H and O–H groups in total. The Bertz CT molecular complexity index is 933. The number of hydrogen-bond donors (Lipinski definition) is 1. The van der Waals surface area contributed by atoms with Gasteiger partial charge in [-0.2, -0.15) is 0 Å². The molecule has 1 heterocycles. The van der Waals surface area contributed by atoms with Gasteiger partial charge in [-0.25, -0.2) is 4.98 Å². The van der Waals surface area contributed by atoms with Crippen molar-refractivity contribution in [3.05, 3.63) is 41.9 Å². The predicted octanol–water partition coefficient (Wildman–Crippen LogP) is 2.61. The first-order valence-electron chi connectivity index (χ1n) is 10.7. The second-order valence-corrected chi connectivity index (χ2v) is 8.65. The third-order valence-corrected chi connectivity index (χ3v) is 6.28. The SMILES string of the molecule is CC(=O)c1ncn(C)c1-c1ccc(CC(=O)[C@@H](N[B]C=O)C(C2CC2)C2CC2)cc1. The third-order valence-electron chi connectivity index (χ3n) is 6.28. The minimum atomic E-state index is -0.295. The molecule has 2 saturated carbocycles. The fraction of sp³-hybridized carbons (Fsp3) is 0.478. The second-order valence-electron chi connectivity index (χ2n) is 8.65. The lowest BCUT2D eigenvalue weighted by molar-refractivity contribution is -0.121. The molecule has 4 rings (SSSR count). The summed E-state index contributed by atoms with van der Waals surface area (Å²) in [6.07, 6.45) is 7.42. The summed E-state index contributed by atoms with van der Waals surface area (Å²) in [5.74, 6) is 1.61. The average molecular weight is 404 g/mol. The molecule has 0 bridgehead atoms. The zero-order chi connectivity index (χ0) is 21.3. The summed E-state index contributed by atoms with van der Waals surface area (Å²) in [5.41, 5.74) is 3.06. The molecule has 0 aliphatic heterocycles. The summed E-state index contributed by atoms with van der Waals surface area (Å²) in [7, 11) is 3.23. The van der Waals surface area contributed by atoms with E-state index in [-0.39, 0.29) is 17.6 Å². The predicted molar refractivity (Wildman–Crippen MR) is 116 cm³/mol. The van der Waals surface area contributed by atoms with Crippen LogP contribution >= 0.6 is 0 Å². The fourth-order valence-corrected chi connectivity index (χ4v) is 4.57. The van der Waals surface area contributed by atoms with Gasteiger partial charge in [-0.05, 0) is 49.0 Å². The standard InChI is InChI=1S/C23H27BN3O3/c1-14(29)21-23(27(2)13-25-21)18-5-3-15(4-6-18)11-19(30)22(26-24-12-28)20(16-7-8-16)17-9-10-17/h3-6,12-13,16-17,20,22,26H,7-11H2,1-2H3/t22-/m1/s1. The van der Waals surface area contributed by atoms with Crippen molar-refractivity contribution in [2.75, 3.05) is 0 Å². The van der Waals surface area contributed by atoms with E-state index in [1.807, 2.05) is 35.9 Å². The van der Waals surface area contributed by atoms with Crippen LogP contribution in [0.25, 0.3) is 11.3 Å². The number of aromatic nitrogens is 2. The molecular formula is C23H27BN3O3. The number of rotatable bonds is 11. The Kier molecular flexibility index (Phi) is 6.00. The quantitative estimate of drug-likeness (QED) is 0.354. The number of carbonyl (C=O) groups is 3. The van der Waals surface area contributed by atoms with Crippen LogP contribution < -0.4 is 5.23 Å². The Morgan fingerprint density at radius 1 is 1.20 bits per heavy atom. The van der Waals surface area contributed by atoms with Gasteiger partial charge in [0.1, 0.15) is 5.69 Å². The molecule has 7 heteroatoms. The highest BCUT2D eigenvalue weighted by atomic mass is 16.1. The fourth-order valence-electron chi connectivity index (χ4n) is 4.57. The highest BCUT2D eigenvalue weighted by Crippen LogP contribution is 2.50. The van der Waals surface area contributed by atoms with Crippen molar-refractivity contribution in [2.45, 2.75) is 45.1 Å². The molecule has 155 valence electrons. The zero-order valence-corrected chi connectivity index (χ0v) is 17.5. The van der Waals surface area contributed by atoms with E-state index in [4.69, 9.17) is 0 Å². The molecule has 1 aromatic carbocycles. The molecule has 2 aliphatic rings. The van der Waals surface area contributed by atoms with E-state index in [1.54, 1.807) is 6.33 Å². The number of aryl methyl sites for hydroxylation is 1. The summed E-state index contributed by atoms with van der Waals surface area (Å²) in [5, 5.41) is 3.10. The lowest BCUT2D eigenvalue weighted by Gasteiger charge is -2.27. The van der Waals surface area contributed by atoms with Crippen molar-refractivity contribution in [1.82, 2.24) is 14.8 Å². The molecule has 2 fully saturated rings. The lowest BCUT2D eigenvalue weighted by atomic mass is 9.81. The van der Waals surface area contributed by atoms with E-state index in [0.717, 1.165) is 16.8 Å². The number of benzene rings is 1. The number of ketones is 2. The molecule has 0 unspecified atom stereocenters. The monoisotopic (exact) mass is 404 g/mol. The van der Waals surface area contributed by atoms with Crippen LogP contribution in [-0.4, -0.2) is 40.8 Å². The van der Waals surface area contributed by atoms with Crippen LogP contribution in [0.5, 0.6) is 0 Å². The van der Waals surface area contributed by atoms with Gasteiger partial charge in [-0.1, -0.05) is 24.3 Å². The van der Waals surface area contributed by atoms with E-state index >= 15 is 0 Å².